The lowest BCUT2D eigenvalue weighted by molar-refractivity contribution is -0.137. The van der Waals surface area contributed by atoms with Crippen LogP contribution in [0.25, 0.3) is 0 Å². The predicted molar refractivity (Wildman–Crippen MR) is 142 cm³/mol. The van der Waals surface area contributed by atoms with E-state index in [1.165, 1.54) is 11.9 Å². The maximum Gasteiger partial charge on any atom is 0.330 e. The summed E-state index contributed by atoms with van der Waals surface area (Å²) in [4.78, 5) is 37.8. The molecule has 1 aromatic carbocycles. The Morgan fingerprint density at radius 2 is 1.84 bits per heavy atom. The molecule has 0 unspecified atom stereocenters. The molecule has 2 rings (SSSR count). The second kappa shape index (κ2) is 14.4. The molecule has 0 radical (unpaired) electrons. The molecule has 1 amide bonds. The molecule has 37 heavy (non-hydrogen) atoms. The van der Waals surface area contributed by atoms with Crippen molar-refractivity contribution in [3.05, 3.63) is 54.0 Å². The SMILES string of the molecule is C=CC(=O)OCCN(CCOC(=O)C=C)c1ccc(N=NN2CC(C)=C(C#N)S2)c(NC(=O)C(C)C)c1. The second-order valence-electron chi connectivity index (χ2n) is 8.09. The fraction of sp³-hybridized carbons (Fsp3) is 0.360. The number of benzene rings is 1. The molecule has 1 N–H and O–H groups in total. The lowest BCUT2D eigenvalue weighted by atomic mass is 10.1. The summed E-state index contributed by atoms with van der Waals surface area (Å²) in [6.45, 7) is 13.3. The molecule has 0 bridgehead atoms. The highest BCUT2D eigenvalue weighted by molar-refractivity contribution is 8.01. The number of carbonyl (C=O) groups excluding carboxylic acids is 3. The topological polar surface area (TPSA) is 137 Å². The Bertz CT molecular complexity index is 1110. The number of hydrogen-bond donors (Lipinski definition) is 1. The normalized spacial score (nSPS) is 12.9. The number of carbonyl (C=O) groups is 3. The highest BCUT2D eigenvalue weighted by Gasteiger charge is 2.20. The van der Waals surface area contributed by atoms with Crippen molar-refractivity contribution in [2.24, 2.45) is 16.3 Å². The van der Waals surface area contributed by atoms with Gasteiger partial charge in [-0.1, -0.05) is 32.2 Å². The third-order valence-corrected chi connectivity index (χ3v) is 6.02. The average molecular weight is 527 g/mol. The van der Waals surface area contributed by atoms with Gasteiger partial charge in [-0.05, 0) is 30.7 Å². The number of nitrogens with zero attached hydrogens (tertiary/aromatic N) is 5. The third kappa shape index (κ3) is 9.12. The summed E-state index contributed by atoms with van der Waals surface area (Å²) in [5, 5.41) is 20.6. The van der Waals surface area contributed by atoms with E-state index in [4.69, 9.17) is 9.47 Å². The molecule has 11 nitrogen and oxygen atoms in total. The summed E-state index contributed by atoms with van der Waals surface area (Å²) < 4.78 is 11.8. The lowest BCUT2D eigenvalue weighted by Gasteiger charge is -2.25. The summed E-state index contributed by atoms with van der Waals surface area (Å²) in [7, 11) is 0. The van der Waals surface area contributed by atoms with E-state index < -0.39 is 11.9 Å². The molecule has 1 aliphatic rings. The lowest BCUT2D eigenvalue weighted by Crippen LogP contribution is -2.32. The van der Waals surface area contributed by atoms with E-state index in [2.05, 4.69) is 34.9 Å². The van der Waals surface area contributed by atoms with Crippen LogP contribution in [-0.4, -0.2) is 55.1 Å². The van der Waals surface area contributed by atoms with Crippen LogP contribution in [0.2, 0.25) is 0 Å². The van der Waals surface area contributed by atoms with Crippen LogP contribution in [0.5, 0.6) is 0 Å². The summed E-state index contributed by atoms with van der Waals surface area (Å²) in [5.41, 5.74) is 2.41. The van der Waals surface area contributed by atoms with Crippen molar-refractivity contribution in [2.75, 3.05) is 43.1 Å². The minimum absolute atomic E-state index is 0.0646. The van der Waals surface area contributed by atoms with Gasteiger partial charge >= 0.3 is 11.9 Å². The molecule has 0 spiro atoms. The van der Waals surface area contributed by atoms with Crippen molar-refractivity contribution in [1.29, 1.82) is 5.26 Å². The summed E-state index contributed by atoms with van der Waals surface area (Å²) in [5.74, 6) is -1.59. The predicted octanol–water partition coefficient (Wildman–Crippen LogP) is 4.31. The van der Waals surface area contributed by atoms with Crippen LogP contribution in [0.3, 0.4) is 0 Å². The highest BCUT2D eigenvalue weighted by Crippen LogP contribution is 2.35. The molecule has 0 fully saturated rings. The van der Waals surface area contributed by atoms with Gasteiger partial charge in [-0.25, -0.2) is 14.0 Å². The van der Waals surface area contributed by atoms with Gasteiger partial charge in [0.05, 0.1) is 25.3 Å². The number of hydrogen-bond acceptors (Lipinski definition) is 10. The van der Waals surface area contributed by atoms with Crippen LogP contribution in [0.1, 0.15) is 20.8 Å². The number of allylic oxidation sites excluding steroid dienone is 1. The molecule has 196 valence electrons. The number of nitrogens with one attached hydrogen (secondary N) is 1. The Morgan fingerprint density at radius 3 is 2.35 bits per heavy atom. The van der Waals surface area contributed by atoms with Crippen LogP contribution < -0.4 is 10.2 Å². The quantitative estimate of drug-likeness (QED) is 0.172. The number of esters is 2. The van der Waals surface area contributed by atoms with Crippen molar-refractivity contribution in [2.45, 2.75) is 20.8 Å². The molecular weight excluding hydrogens is 496 g/mol. The average Bonchev–Trinajstić information content (AvgIpc) is 3.25. The van der Waals surface area contributed by atoms with Gasteiger partial charge in [0.25, 0.3) is 0 Å². The van der Waals surface area contributed by atoms with E-state index in [9.17, 15) is 19.6 Å². The molecular formula is C25H30N6O5S. The molecule has 12 heteroatoms. The van der Waals surface area contributed by atoms with Crippen LogP contribution in [-0.2, 0) is 23.9 Å². The zero-order valence-corrected chi connectivity index (χ0v) is 21.9. The first-order chi connectivity index (χ1) is 17.7. The van der Waals surface area contributed by atoms with E-state index in [-0.39, 0.29) is 38.1 Å². The number of amides is 1. The molecule has 0 saturated carbocycles. The molecule has 0 aliphatic carbocycles. The first kappa shape index (κ1) is 29.1. The van der Waals surface area contributed by atoms with Gasteiger partial charge in [-0.15, -0.1) is 5.11 Å². The molecule has 1 aromatic rings. The van der Waals surface area contributed by atoms with Gasteiger partial charge in [-0.2, -0.15) is 5.26 Å². The minimum Gasteiger partial charge on any atom is -0.461 e. The smallest absolute Gasteiger partial charge is 0.330 e. The second-order valence-corrected chi connectivity index (χ2v) is 9.10. The van der Waals surface area contributed by atoms with Crippen molar-refractivity contribution in [1.82, 2.24) is 4.41 Å². The Hall–Kier alpha value is -4.11. The number of nitriles is 1. The molecule has 0 saturated heterocycles. The number of rotatable bonds is 13. The maximum absolute atomic E-state index is 12.5. The Balaban J connectivity index is 2.30. The highest BCUT2D eigenvalue weighted by atomic mass is 32.2. The Kier molecular flexibility index (Phi) is 11.4. The number of anilines is 2. The van der Waals surface area contributed by atoms with Gasteiger partial charge in [0.15, 0.2) is 0 Å². The van der Waals surface area contributed by atoms with E-state index in [1.807, 2.05) is 11.8 Å². The van der Waals surface area contributed by atoms with Crippen molar-refractivity contribution >= 4 is 46.9 Å². The van der Waals surface area contributed by atoms with Crippen molar-refractivity contribution in [3.63, 3.8) is 0 Å². The summed E-state index contributed by atoms with van der Waals surface area (Å²) in [6, 6.07) is 7.32. The van der Waals surface area contributed by atoms with Crippen LogP contribution in [0.15, 0.2) is 64.3 Å². The standard InChI is InChI=1S/C25H30N6O5S/c1-6-23(32)35-12-10-30(11-13-36-24(33)7-2)19-8-9-20(21(14-19)27-25(34)17(3)4)28-29-31-16-18(5)22(15-26)37-31/h6-9,14,17H,1-2,10-13,16H2,3-5H3,(H,27,34). The molecule has 0 atom stereocenters. The zero-order chi connectivity index (χ0) is 27.4. The molecule has 1 heterocycles. The van der Waals surface area contributed by atoms with E-state index in [0.717, 1.165) is 17.7 Å². The minimum atomic E-state index is -0.553. The molecule has 1 aliphatic heterocycles. The largest absolute Gasteiger partial charge is 0.461 e. The van der Waals surface area contributed by atoms with Gasteiger partial charge in [-0.3, -0.25) is 4.79 Å². The molecule has 0 aromatic heterocycles. The first-order valence-corrected chi connectivity index (χ1v) is 12.2. The zero-order valence-electron chi connectivity index (χ0n) is 21.1. The van der Waals surface area contributed by atoms with Crippen LogP contribution in [0.4, 0.5) is 17.1 Å². The van der Waals surface area contributed by atoms with Crippen LogP contribution in [0, 0.1) is 17.2 Å². The first-order valence-electron chi connectivity index (χ1n) is 11.4. The summed E-state index contributed by atoms with van der Waals surface area (Å²) >= 11 is 1.20. The van der Waals surface area contributed by atoms with Crippen molar-refractivity contribution < 1.29 is 23.9 Å². The van der Waals surface area contributed by atoms with E-state index >= 15 is 0 Å². The number of ether oxygens (including phenoxy) is 2. The Morgan fingerprint density at radius 1 is 1.22 bits per heavy atom. The summed E-state index contributed by atoms with van der Waals surface area (Å²) in [6.07, 6.45) is 2.15. The van der Waals surface area contributed by atoms with Gasteiger partial charge in [0, 0.05) is 35.7 Å². The Labute approximate surface area is 220 Å². The third-order valence-electron chi connectivity index (χ3n) is 4.98. The fourth-order valence-electron chi connectivity index (χ4n) is 2.94. The van der Waals surface area contributed by atoms with Crippen LogP contribution >= 0.6 is 11.9 Å². The van der Waals surface area contributed by atoms with Gasteiger partial charge < -0.3 is 19.7 Å². The van der Waals surface area contributed by atoms with Gasteiger partial charge in [0.2, 0.25) is 5.91 Å². The fourth-order valence-corrected chi connectivity index (χ4v) is 3.74. The van der Waals surface area contributed by atoms with E-state index in [0.29, 0.717) is 28.5 Å². The maximum atomic E-state index is 12.5. The van der Waals surface area contributed by atoms with E-state index in [1.54, 1.807) is 36.5 Å². The monoisotopic (exact) mass is 526 g/mol. The van der Waals surface area contributed by atoms with Crippen molar-refractivity contribution in [3.8, 4) is 6.07 Å². The van der Waals surface area contributed by atoms with Gasteiger partial charge in [0.1, 0.15) is 29.9 Å².